The smallest absolute Gasteiger partial charge is 0.347 e. The maximum Gasteiger partial charge on any atom is 0.392 e. The lowest BCUT2D eigenvalue weighted by Crippen LogP contribution is -2.38. The quantitative estimate of drug-likeness (QED) is 0.299. The van der Waals surface area contributed by atoms with E-state index in [1.807, 2.05) is 13.8 Å². The molecule has 2 aliphatic carbocycles. The van der Waals surface area contributed by atoms with Gasteiger partial charge >= 0.3 is 6.18 Å². The zero-order valence-electron chi connectivity index (χ0n) is 24.1. The number of rotatable bonds is 10. The van der Waals surface area contributed by atoms with Crippen molar-refractivity contribution in [1.29, 1.82) is 0 Å². The second-order valence-electron chi connectivity index (χ2n) is 12.0. The minimum Gasteiger partial charge on any atom is -0.347 e. The van der Waals surface area contributed by atoms with Crippen LogP contribution < -0.4 is 10.6 Å². The highest BCUT2D eigenvalue weighted by atomic mass is 19.4. The van der Waals surface area contributed by atoms with Crippen LogP contribution in [0.4, 0.5) is 22.0 Å². The number of nitrogens with zero attached hydrogens (tertiary/aromatic N) is 6. The molecule has 3 aromatic rings. The second-order valence-corrected chi connectivity index (χ2v) is 12.0. The third-order valence-corrected chi connectivity index (χ3v) is 8.25. The Bertz CT molecular complexity index is 1450. The van der Waals surface area contributed by atoms with E-state index >= 15 is 0 Å². The number of halogens is 5. The fourth-order valence-electron chi connectivity index (χ4n) is 5.54. The highest BCUT2D eigenvalue weighted by Crippen LogP contribution is 2.42. The average molecular weight is 611 g/mol. The number of carbonyl (C=O) groups is 2. The monoisotopic (exact) mass is 610 g/mol. The van der Waals surface area contributed by atoms with Crippen molar-refractivity contribution < 1.29 is 31.5 Å². The van der Waals surface area contributed by atoms with Gasteiger partial charge in [-0.3, -0.25) is 14.0 Å². The number of hydrogen-bond donors (Lipinski definition) is 2. The molecule has 0 aromatic carbocycles. The lowest BCUT2D eigenvalue weighted by Gasteiger charge is -2.33. The predicted molar refractivity (Wildman–Crippen MR) is 144 cm³/mol. The van der Waals surface area contributed by atoms with Crippen LogP contribution in [0.3, 0.4) is 0 Å². The standard InChI is InChI=1S/C28H35F5N8O2/c1-15(2)41-24(34-14-35-41)25(43)39-23(18-6-9-27(29,30)10-7-18)20-13-40-11-8-19(36-26(40)37-20)22(17-4-5-17)38-21(42)12-16(3)28(31,32)33/h8,11,13-18,22-23H,4-7,9-10,12H2,1-3H3,(H,38,42)(H,39,43)/t16?,22?,23-/m0/s1. The molecule has 0 saturated heterocycles. The van der Waals surface area contributed by atoms with E-state index < -0.39 is 48.3 Å². The molecule has 2 aliphatic rings. The molecule has 5 rings (SSSR count). The first-order valence-corrected chi connectivity index (χ1v) is 14.5. The van der Waals surface area contributed by atoms with Crippen molar-refractivity contribution >= 4 is 17.6 Å². The number of hydrogen-bond acceptors (Lipinski definition) is 6. The molecule has 2 fully saturated rings. The van der Waals surface area contributed by atoms with Gasteiger partial charge in [0.05, 0.1) is 29.4 Å². The summed E-state index contributed by atoms with van der Waals surface area (Å²) >= 11 is 0. The van der Waals surface area contributed by atoms with Crippen LogP contribution in [0, 0.1) is 17.8 Å². The van der Waals surface area contributed by atoms with Gasteiger partial charge < -0.3 is 10.6 Å². The minimum absolute atomic E-state index is 0.0452. The Kier molecular flexibility index (Phi) is 8.45. The summed E-state index contributed by atoms with van der Waals surface area (Å²) in [5.74, 6) is -5.70. The SMILES string of the molecule is CC(C)n1ncnc1C(=O)N[C@H](c1cn2ccc(C(NC(=O)CC(C)C(F)(F)F)C3CC3)nc2n1)C1CCC(F)(F)CC1. The van der Waals surface area contributed by atoms with Gasteiger partial charge in [0.1, 0.15) is 6.33 Å². The van der Waals surface area contributed by atoms with E-state index in [0.29, 0.717) is 11.4 Å². The Balaban J connectivity index is 1.41. The molecule has 2 saturated carbocycles. The van der Waals surface area contributed by atoms with Crippen molar-refractivity contribution in [2.75, 3.05) is 0 Å². The number of aromatic nitrogens is 6. The number of fused-ring (bicyclic) bond motifs is 1. The van der Waals surface area contributed by atoms with Crippen molar-refractivity contribution in [2.45, 2.75) is 95.9 Å². The van der Waals surface area contributed by atoms with Crippen LogP contribution in [0.25, 0.3) is 5.78 Å². The van der Waals surface area contributed by atoms with Crippen LogP contribution in [0.2, 0.25) is 0 Å². The van der Waals surface area contributed by atoms with Crippen LogP contribution in [0.5, 0.6) is 0 Å². The molecule has 0 radical (unpaired) electrons. The molecular formula is C28H35F5N8O2. The molecule has 2 unspecified atom stereocenters. The van der Waals surface area contributed by atoms with Crippen molar-refractivity contribution in [3.63, 3.8) is 0 Å². The van der Waals surface area contributed by atoms with Crippen LogP contribution in [-0.4, -0.2) is 53.0 Å². The van der Waals surface area contributed by atoms with Gasteiger partial charge in [0, 0.05) is 37.7 Å². The molecule has 2 N–H and O–H groups in total. The van der Waals surface area contributed by atoms with Gasteiger partial charge in [0.2, 0.25) is 23.4 Å². The summed E-state index contributed by atoms with van der Waals surface area (Å²) in [7, 11) is 0. The molecule has 15 heteroatoms. The van der Waals surface area contributed by atoms with E-state index in [4.69, 9.17) is 0 Å². The van der Waals surface area contributed by atoms with Crippen LogP contribution in [-0.2, 0) is 4.79 Å². The summed E-state index contributed by atoms with van der Waals surface area (Å²) in [6.07, 6.45) is 0.803. The average Bonchev–Trinajstić information content (AvgIpc) is 3.47. The third-order valence-electron chi connectivity index (χ3n) is 8.25. The third kappa shape index (κ3) is 7.12. The van der Waals surface area contributed by atoms with Crippen LogP contribution >= 0.6 is 0 Å². The zero-order valence-corrected chi connectivity index (χ0v) is 24.1. The molecule has 2 amide bonds. The summed E-state index contributed by atoms with van der Waals surface area (Å²) in [5.41, 5.74) is 0.887. The Morgan fingerprint density at radius 2 is 1.63 bits per heavy atom. The van der Waals surface area contributed by atoms with Gasteiger partial charge in [-0.1, -0.05) is 6.92 Å². The first-order chi connectivity index (χ1) is 20.2. The number of imidazole rings is 1. The molecule has 234 valence electrons. The van der Waals surface area contributed by atoms with Gasteiger partial charge in [-0.2, -0.15) is 18.3 Å². The highest BCUT2D eigenvalue weighted by molar-refractivity contribution is 5.91. The molecule has 3 aromatic heterocycles. The summed E-state index contributed by atoms with van der Waals surface area (Å²) in [4.78, 5) is 39.2. The lowest BCUT2D eigenvalue weighted by molar-refractivity contribution is -0.174. The maximum atomic E-state index is 14.0. The molecule has 43 heavy (non-hydrogen) atoms. The molecule has 0 aliphatic heterocycles. The fraction of sp³-hybridized carbons (Fsp3) is 0.643. The van der Waals surface area contributed by atoms with Gasteiger partial charge in [-0.15, -0.1) is 0 Å². The molecule has 0 bridgehead atoms. The fourth-order valence-corrected chi connectivity index (χ4v) is 5.54. The largest absolute Gasteiger partial charge is 0.392 e. The Morgan fingerprint density at radius 1 is 1.00 bits per heavy atom. The molecule has 10 nitrogen and oxygen atoms in total. The Labute approximate surface area is 244 Å². The number of carbonyl (C=O) groups excluding carboxylic acids is 2. The van der Waals surface area contributed by atoms with Gasteiger partial charge in [-0.25, -0.2) is 28.4 Å². The summed E-state index contributed by atoms with van der Waals surface area (Å²) < 4.78 is 70.1. The van der Waals surface area contributed by atoms with Crippen LogP contribution in [0.15, 0.2) is 24.8 Å². The summed E-state index contributed by atoms with van der Waals surface area (Å²) in [6.45, 7) is 4.68. The van der Waals surface area contributed by atoms with E-state index in [1.165, 1.54) is 11.0 Å². The van der Waals surface area contributed by atoms with E-state index in [0.717, 1.165) is 19.8 Å². The number of nitrogens with one attached hydrogen (secondary N) is 2. The van der Waals surface area contributed by atoms with E-state index in [2.05, 4.69) is 30.7 Å². The second kappa shape index (κ2) is 11.8. The van der Waals surface area contributed by atoms with E-state index in [1.54, 1.807) is 22.9 Å². The van der Waals surface area contributed by atoms with E-state index in [-0.39, 0.29) is 55.2 Å². The topological polar surface area (TPSA) is 119 Å². The lowest BCUT2D eigenvalue weighted by atomic mass is 9.81. The maximum absolute atomic E-state index is 14.0. The first kappa shape index (κ1) is 30.8. The van der Waals surface area contributed by atoms with E-state index in [9.17, 15) is 31.5 Å². The summed E-state index contributed by atoms with van der Waals surface area (Å²) in [6, 6.07) is 0.254. The summed E-state index contributed by atoms with van der Waals surface area (Å²) in [5, 5.41) is 9.78. The Morgan fingerprint density at radius 3 is 2.26 bits per heavy atom. The normalized spacial score (nSPS) is 19.7. The van der Waals surface area contributed by atoms with Crippen molar-refractivity contribution in [3.8, 4) is 0 Å². The highest BCUT2D eigenvalue weighted by Gasteiger charge is 2.41. The molecule has 0 spiro atoms. The first-order valence-electron chi connectivity index (χ1n) is 14.5. The van der Waals surface area contributed by atoms with Crippen molar-refractivity contribution in [2.24, 2.45) is 17.8 Å². The van der Waals surface area contributed by atoms with Crippen molar-refractivity contribution in [3.05, 3.63) is 42.0 Å². The van der Waals surface area contributed by atoms with Gasteiger partial charge in [-0.05, 0) is 57.4 Å². The predicted octanol–water partition coefficient (Wildman–Crippen LogP) is 5.35. The van der Waals surface area contributed by atoms with Gasteiger partial charge in [0.15, 0.2) is 0 Å². The minimum atomic E-state index is -4.47. The van der Waals surface area contributed by atoms with Gasteiger partial charge in [0.25, 0.3) is 5.91 Å². The molecule has 3 heterocycles. The molecular weight excluding hydrogens is 575 g/mol. The molecule has 3 atom stereocenters. The Hall–Kier alpha value is -3.65. The van der Waals surface area contributed by atoms with Crippen LogP contribution in [0.1, 0.15) is 106 Å². The van der Waals surface area contributed by atoms with Crippen molar-refractivity contribution in [1.82, 2.24) is 39.8 Å². The number of amides is 2. The number of alkyl halides is 5. The zero-order chi connectivity index (χ0) is 31.1.